The fraction of sp³-hybridized carbons (Fsp3) is 0.0952. The minimum Gasteiger partial charge on any atom is -0.468 e. The van der Waals surface area contributed by atoms with E-state index in [0.717, 1.165) is 5.56 Å². The summed E-state index contributed by atoms with van der Waals surface area (Å²) in [5, 5.41) is 2.69. The van der Waals surface area contributed by atoms with Gasteiger partial charge in [0.05, 0.1) is 17.7 Å². The lowest BCUT2D eigenvalue weighted by atomic mass is 10.2. The number of carbonyl (C=O) groups is 1. The van der Waals surface area contributed by atoms with Crippen LogP contribution in [0.2, 0.25) is 0 Å². The van der Waals surface area contributed by atoms with Gasteiger partial charge in [-0.1, -0.05) is 6.07 Å². The monoisotopic (exact) mass is 426 g/mol. The molecule has 2 heterocycles. The Morgan fingerprint density at radius 2 is 1.83 bits per heavy atom. The Morgan fingerprint density at radius 3 is 2.60 bits per heavy atom. The molecular formula is C21H18N2O6S. The minimum absolute atomic E-state index is 0.0540. The number of nitrogens with one attached hydrogen (secondary N) is 2. The fourth-order valence-corrected chi connectivity index (χ4v) is 3.75. The van der Waals surface area contributed by atoms with Crippen molar-refractivity contribution in [2.45, 2.75) is 11.4 Å². The van der Waals surface area contributed by atoms with E-state index in [1.807, 2.05) is 6.07 Å². The third-order valence-corrected chi connectivity index (χ3v) is 5.69. The van der Waals surface area contributed by atoms with Crippen molar-refractivity contribution in [3.8, 4) is 11.5 Å². The van der Waals surface area contributed by atoms with Gasteiger partial charge < -0.3 is 19.2 Å². The van der Waals surface area contributed by atoms with Crippen LogP contribution in [-0.4, -0.2) is 21.1 Å². The lowest BCUT2D eigenvalue weighted by Crippen LogP contribution is -2.23. The van der Waals surface area contributed by atoms with Gasteiger partial charge in [-0.05, 0) is 60.2 Å². The molecule has 1 amide bonds. The van der Waals surface area contributed by atoms with Crippen LogP contribution >= 0.6 is 0 Å². The van der Waals surface area contributed by atoms with Crippen molar-refractivity contribution < 1.29 is 27.1 Å². The third-order valence-electron chi connectivity index (χ3n) is 4.27. The lowest BCUT2D eigenvalue weighted by Gasteiger charge is -2.07. The van der Waals surface area contributed by atoms with Crippen molar-refractivity contribution in [2.75, 3.05) is 12.1 Å². The molecule has 8 nitrogen and oxygen atoms in total. The number of anilines is 1. The van der Waals surface area contributed by atoms with Gasteiger partial charge in [-0.3, -0.25) is 4.79 Å². The van der Waals surface area contributed by atoms with E-state index in [0.29, 0.717) is 22.9 Å². The van der Waals surface area contributed by atoms with E-state index >= 15 is 0 Å². The number of sulfonamides is 1. The van der Waals surface area contributed by atoms with E-state index in [-0.39, 0.29) is 24.1 Å². The quantitative estimate of drug-likeness (QED) is 0.562. The van der Waals surface area contributed by atoms with Gasteiger partial charge in [0.1, 0.15) is 5.76 Å². The molecule has 4 rings (SSSR count). The average Bonchev–Trinajstić information content (AvgIpc) is 3.42. The second-order valence-electron chi connectivity index (χ2n) is 6.36. The van der Waals surface area contributed by atoms with Crippen molar-refractivity contribution in [3.05, 3.63) is 78.3 Å². The third kappa shape index (κ3) is 4.70. The summed E-state index contributed by atoms with van der Waals surface area (Å²) in [6, 6.07) is 14.6. The molecule has 2 N–H and O–H groups in total. The van der Waals surface area contributed by atoms with Crippen molar-refractivity contribution in [1.29, 1.82) is 0 Å². The molecule has 1 aliphatic rings. The number of furan rings is 1. The van der Waals surface area contributed by atoms with Crippen LogP contribution in [0, 0.1) is 0 Å². The second-order valence-corrected chi connectivity index (χ2v) is 8.13. The van der Waals surface area contributed by atoms with Crippen molar-refractivity contribution in [1.82, 2.24) is 4.72 Å². The molecule has 1 aliphatic heterocycles. The lowest BCUT2D eigenvalue weighted by molar-refractivity contribution is -0.111. The number of hydrogen-bond acceptors (Lipinski definition) is 6. The summed E-state index contributed by atoms with van der Waals surface area (Å²) in [6.45, 7) is 0.242. The topological polar surface area (TPSA) is 107 Å². The highest BCUT2D eigenvalue weighted by atomic mass is 32.2. The maximum atomic E-state index is 12.3. The number of benzene rings is 2. The molecule has 0 unspecified atom stereocenters. The Hall–Kier alpha value is -3.56. The molecule has 0 spiro atoms. The van der Waals surface area contributed by atoms with Crippen LogP contribution in [0.4, 0.5) is 5.69 Å². The molecule has 154 valence electrons. The van der Waals surface area contributed by atoms with E-state index < -0.39 is 10.0 Å². The first-order valence-electron chi connectivity index (χ1n) is 9.00. The van der Waals surface area contributed by atoms with Crippen LogP contribution in [0.15, 0.2) is 76.2 Å². The molecule has 1 aromatic heterocycles. The number of ether oxygens (including phenoxy) is 2. The first-order chi connectivity index (χ1) is 14.5. The molecule has 0 atom stereocenters. The first kappa shape index (κ1) is 19.7. The van der Waals surface area contributed by atoms with Crippen LogP contribution < -0.4 is 19.5 Å². The maximum absolute atomic E-state index is 12.3. The zero-order chi connectivity index (χ0) is 21.0. The summed E-state index contributed by atoms with van der Waals surface area (Å²) in [6.07, 6.45) is 4.50. The van der Waals surface area contributed by atoms with E-state index in [4.69, 9.17) is 13.9 Å². The van der Waals surface area contributed by atoms with Gasteiger partial charge in [0.2, 0.25) is 22.7 Å². The molecule has 0 saturated carbocycles. The zero-order valence-corrected chi connectivity index (χ0v) is 16.5. The normalized spacial score (nSPS) is 12.9. The molecule has 0 radical (unpaired) electrons. The number of amides is 1. The van der Waals surface area contributed by atoms with Crippen LogP contribution in [0.5, 0.6) is 11.5 Å². The highest BCUT2D eigenvalue weighted by Crippen LogP contribution is 2.32. The summed E-state index contributed by atoms with van der Waals surface area (Å²) < 4.78 is 42.8. The van der Waals surface area contributed by atoms with Crippen LogP contribution in [0.3, 0.4) is 0 Å². The van der Waals surface area contributed by atoms with Crippen molar-refractivity contribution in [3.63, 3.8) is 0 Å². The Kier molecular flexibility index (Phi) is 5.55. The largest absolute Gasteiger partial charge is 0.468 e. The molecule has 2 aromatic carbocycles. The average molecular weight is 426 g/mol. The van der Waals surface area contributed by atoms with E-state index in [1.54, 1.807) is 30.3 Å². The Labute approximate surface area is 173 Å². The molecule has 0 saturated heterocycles. The maximum Gasteiger partial charge on any atom is 0.248 e. The number of carbonyl (C=O) groups excluding carboxylic acids is 1. The number of fused-ring (bicyclic) bond motifs is 1. The Bertz CT molecular complexity index is 1170. The molecule has 0 aliphatic carbocycles. The first-order valence-corrected chi connectivity index (χ1v) is 10.5. The van der Waals surface area contributed by atoms with Crippen molar-refractivity contribution in [2.24, 2.45) is 0 Å². The minimum atomic E-state index is -3.69. The zero-order valence-electron chi connectivity index (χ0n) is 15.7. The highest BCUT2D eigenvalue weighted by molar-refractivity contribution is 7.89. The molecule has 0 bridgehead atoms. The van der Waals surface area contributed by atoms with E-state index in [1.165, 1.54) is 36.6 Å². The van der Waals surface area contributed by atoms with Gasteiger partial charge in [0, 0.05) is 11.8 Å². The Morgan fingerprint density at radius 1 is 1.03 bits per heavy atom. The van der Waals surface area contributed by atoms with Gasteiger partial charge in [-0.2, -0.15) is 0 Å². The molecule has 9 heteroatoms. The van der Waals surface area contributed by atoms with Gasteiger partial charge in [0.15, 0.2) is 11.5 Å². The van der Waals surface area contributed by atoms with E-state index in [9.17, 15) is 13.2 Å². The van der Waals surface area contributed by atoms with E-state index in [2.05, 4.69) is 10.0 Å². The Balaban J connectivity index is 1.35. The summed E-state index contributed by atoms with van der Waals surface area (Å²) in [5.41, 5.74) is 1.26. The summed E-state index contributed by atoms with van der Waals surface area (Å²) in [4.78, 5) is 12.2. The standard InChI is InChI=1S/C21H18N2O6S/c24-21(10-4-15-3-9-19-20(12-15)29-14-28-19)23-16-5-7-18(8-6-16)30(25,26)22-13-17-2-1-11-27-17/h1-12,22H,13-14H2,(H,23,24). The van der Waals surface area contributed by atoms with Crippen LogP contribution in [0.25, 0.3) is 6.08 Å². The molecule has 30 heavy (non-hydrogen) atoms. The van der Waals surface area contributed by atoms with Crippen LogP contribution in [0.1, 0.15) is 11.3 Å². The smallest absolute Gasteiger partial charge is 0.248 e. The summed E-state index contributed by atoms with van der Waals surface area (Å²) >= 11 is 0. The predicted octanol–water partition coefficient (Wildman–Crippen LogP) is 3.14. The molecule has 0 fully saturated rings. The second kappa shape index (κ2) is 8.44. The number of rotatable bonds is 7. The molecule has 3 aromatic rings. The van der Waals surface area contributed by atoms with Crippen LogP contribution in [-0.2, 0) is 21.4 Å². The SMILES string of the molecule is O=C(C=Cc1ccc2c(c1)OCO2)Nc1ccc(S(=O)(=O)NCc2ccco2)cc1. The summed E-state index contributed by atoms with van der Waals surface area (Å²) in [7, 11) is -3.69. The van der Waals surface area contributed by atoms with Crippen molar-refractivity contribution >= 4 is 27.7 Å². The van der Waals surface area contributed by atoms with Gasteiger partial charge in [0.25, 0.3) is 0 Å². The van der Waals surface area contributed by atoms with Gasteiger partial charge in [-0.15, -0.1) is 0 Å². The van der Waals surface area contributed by atoms with Gasteiger partial charge in [-0.25, -0.2) is 13.1 Å². The predicted molar refractivity (Wildman–Crippen MR) is 109 cm³/mol. The highest BCUT2D eigenvalue weighted by Gasteiger charge is 2.15. The summed E-state index contributed by atoms with van der Waals surface area (Å²) in [5.74, 6) is 1.47. The number of hydrogen-bond donors (Lipinski definition) is 2. The van der Waals surface area contributed by atoms with Gasteiger partial charge >= 0.3 is 0 Å². The molecular weight excluding hydrogens is 408 g/mol. The fourth-order valence-electron chi connectivity index (χ4n) is 2.75.